The molecule has 19 heavy (non-hydrogen) atoms. The first kappa shape index (κ1) is 15.0. The smallest absolute Gasteiger partial charge is 0.305 e. The van der Waals surface area contributed by atoms with Crippen molar-refractivity contribution in [1.29, 1.82) is 0 Å². The standard InChI is InChI=1S/C14H21BrO4/c1-18-14(17)4-2-3-11(15)13-7-10-9(8-16)5-6-12(10)19-13/h8-13H,2-7H2,1H3. The minimum atomic E-state index is -0.162. The molecule has 0 spiro atoms. The van der Waals surface area contributed by atoms with Crippen molar-refractivity contribution in [2.45, 2.75) is 55.6 Å². The van der Waals surface area contributed by atoms with Gasteiger partial charge in [-0.2, -0.15) is 0 Å². The Bertz CT molecular complexity index is 333. The highest BCUT2D eigenvalue weighted by molar-refractivity contribution is 9.09. The van der Waals surface area contributed by atoms with Crippen LogP contribution in [0.5, 0.6) is 0 Å². The van der Waals surface area contributed by atoms with Crippen molar-refractivity contribution < 1.29 is 19.1 Å². The number of hydrogen-bond acceptors (Lipinski definition) is 4. The van der Waals surface area contributed by atoms with Crippen LogP contribution >= 0.6 is 15.9 Å². The molecule has 1 saturated heterocycles. The molecule has 1 saturated carbocycles. The number of carbonyl (C=O) groups is 2. The summed E-state index contributed by atoms with van der Waals surface area (Å²) in [5.74, 6) is 0.429. The predicted molar refractivity (Wildman–Crippen MR) is 74.1 cm³/mol. The van der Waals surface area contributed by atoms with Crippen LogP contribution in [0.2, 0.25) is 0 Å². The molecule has 0 radical (unpaired) electrons. The molecule has 2 rings (SSSR count). The van der Waals surface area contributed by atoms with Gasteiger partial charge < -0.3 is 14.3 Å². The van der Waals surface area contributed by atoms with E-state index in [0.717, 1.165) is 38.4 Å². The first-order valence-corrected chi connectivity index (χ1v) is 7.89. The second-order valence-electron chi connectivity index (χ2n) is 5.47. The average Bonchev–Trinajstić information content (AvgIpc) is 2.97. The first-order valence-electron chi connectivity index (χ1n) is 6.97. The Morgan fingerprint density at radius 3 is 3.00 bits per heavy atom. The van der Waals surface area contributed by atoms with Gasteiger partial charge in [-0.15, -0.1) is 0 Å². The van der Waals surface area contributed by atoms with E-state index in [-0.39, 0.29) is 28.9 Å². The van der Waals surface area contributed by atoms with Crippen LogP contribution in [-0.2, 0) is 19.1 Å². The average molecular weight is 333 g/mol. The zero-order chi connectivity index (χ0) is 13.8. The van der Waals surface area contributed by atoms with E-state index in [1.807, 2.05) is 0 Å². The van der Waals surface area contributed by atoms with Crippen molar-refractivity contribution in [3.05, 3.63) is 0 Å². The van der Waals surface area contributed by atoms with Gasteiger partial charge in [0, 0.05) is 17.2 Å². The SMILES string of the molecule is COC(=O)CCCC(Br)C1CC2C(C=O)CCC2O1. The molecule has 0 aromatic rings. The molecule has 0 aromatic carbocycles. The predicted octanol–water partition coefficient (Wildman–Crippen LogP) is 2.48. The summed E-state index contributed by atoms with van der Waals surface area (Å²) < 4.78 is 10.7. The molecule has 5 heteroatoms. The van der Waals surface area contributed by atoms with Crippen molar-refractivity contribution in [2.24, 2.45) is 11.8 Å². The Kier molecular flexibility index (Phi) is 5.39. The van der Waals surface area contributed by atoms with Gasteiger partial charge in [-0.05, 0) is 38.0 Å². The van der Waals surface area contributed by atoms with E-state index in [1.165, 1.54) is 7.11 Å². The normalized spacial score (nSPS) is 34.8. The highest BCUT2D eigenvalue weighted by Gasteiger charge is 2.45. The largest absolute Gasteiger partial charge is 0.469 e. The number of carbonyl (C=O) groups excluding carboxylic acids is 2. The first-order chi connectivity index (χ1) is 9.15. The molecule has 1 aliphatic carbocycles. The summed E-state index contributed by atoms with van der Waals surface area (Å²) in [4.78, 5) is 22.3. The summed E-state index contributed by atoms with van der Waals surface area (Å²) >= 11 is 3.66. The van der Waals surface area contributed by atoms with Gasteiger partial charge in [-0.25, -0.2) is 0 Å². The van der Waals surface area contributed by atoms with E-state index in [9.17, 15) is 9.59 Å². The highest BCUT2D eigenvalue weighted by Crippen LogP contribution is 2.44. The van der Waals surface area contributed by atoms with Gasteiger partial charge in [0.15, 0.2) is 0 Å². The highest BCUT2D eigenvalue weighted by atomic mass is 79.9. The molecular formula is C14H21BrO4. The molecule has 0 amide bonds. The van der Waals surface area contributed by atoms with E-state index in [4.69, 9.17) is 4.74 Å². The van der Waals surface area contributed by atoms with Crippen LogP contribution in [0.1, 0.15) is 38.5 Å². The third-order valence-corrected chi connectivity index (χ3v) is 5.38. The fourth-order valence-corrected chi connectivity index (χ4v) is 3.90. The van der Waals surface area contributed by atoms with E-state index >= 15 is 0 Å². The molecule has 2 fully saturated rings. The molecule has 4 nitrogen and oxygen atoms in total. The fraction of sp³-hybridized carbons (Fsp3) is 0.857. The molecule has 5 atom stereocenters. The minimum Gasteiger partial charge on any atom is -0.469 e. The topological polar surface area (TPSA) is 52.6 Å². The van der Waals surface area contributed by atoms with Crippen LogP contribution in [0.15, 0.2) is 0 Å². The van der Waals surface area contributed by atoms with Gasteiger partial charge >= 0.3 is 5.97 Å². The number of halogens is 1. The van der Waals surface area contributed by atoms with E-state index in [0.29, 0.717) is 12.3 Å². The van der Waals surface area contributed by atoms with Crippen LogP contribution in [0.25, 0.3) is 0 Å². The van der Waals surface area contributed by atoms with Gasteiger partial charge in [0.2, 0.25) is 0 Å². The van der Waals surface area contributed by atoms with Gasteiger partial charge in [0.25, 0.3) is 0 Å². The van der Waals surface area contributed by atoms with E-state index in [1.54, 1.807) is 0 Å². The van der Waals surface area contributed by atoms with E-state index in [2.05, 4.69) is 20.7 Å². The van der Waals surface area contributed by atoms with Gasteiger partial charge in [0.05, 0.1) is 19.3 Å². The molecule has 1 aliphatic heterocycles. The Morgan fingerprint density at radius 1 is 1.53 bits per heavy atom. The molecule has 1 heterocycles. The molecule has 5 unspecified atom stereocenters. The van der Waals surface area contributed by atoms with Gasteiger partial charge in [0.1, 0.15) is 6.29 Å². The number of fused-ring (bicyclic) bond motifs is 1. The summed E-state index contributed by atoms with van der Waals surface area (Å²) in [5, 5.41) is 0. The maximum absolute atomic E-state index is 11.0. The van der Waals surface area contributed by atoms with Crippen molar-refractivity contribution in [3.8, 4) is 0 Å². The maximum atomic E-state index is 11.0. The second kappa shape index (κ2) is 6.84. The maximum Gasteiger partial charge on any atom is 0.305 e. The van der Waals surface area contributed by atoms with Crippen LogP contribution in [0, 0.1) is 11.8 Å². The zero-order valence-electron chi connectivity index (χ0n) is 11.2. The van der Waals surface area contributed by atoms with E-state index < -0.39 is 0 Å². The summed E-state index contributed by atoms with van der Waals surface area (Å²) in [7, 11) is 1.41. The number of aldehydes is 1. The third-order valence-electron chi connectivity index (χ3n) is 4.33. The summed E-state index contributed by atoms with van der Waals surface area (Å²) in [6, 6.07) is 0. The molecule has 0 aromatic heterocycles. The molecule has 2 aliphatic rings. The van der Waals surface area contributed by atoms with Crippen molar-refractivity contribution in [1.82, 2.24) is 0 Å². The fourth-order valence-electron chi connectivity index (χ4n) is 3.24. The third kappa shape index (κ3) is 3.57. The van der Waals surface area contributed by atoms with Gasteiger partial charge in [-0.1, -0.05) is 15.9 Å². The second-order valence-corrected chi connectivity index (χ2v) is 6.65. The zero-order valence-corrected chi connectivity index (χ0v) is 12.8. The van der Waals surface area contributed by atoms with Crippen molar-refractivity contribution in [2.75, 3.05) is 7.11 Å². The lowest BCUT2D eigenvalue weighted by molar-refractivity contribution is -0.140. The van der Waals surface area contributed by atoms with Crippen LogP contribution in [-0.4, -0.2) is 36.4 Å². The lowest BCUT2D eigenvalue weighted by atomic mass is 9.91. The Balaban J connectivity index is 1.74. The van der Waals surface area contributed by atoms with Crippen molar-refractivity contribution in [3.63, 3.8) is 0 Å². The monoisotopic (exact) mass is 332 g/mol. The quantitative estimate of drug-likeness (QED) is 0.426. The Labute approximate surface area is 122 Å². The number of esters is 1. The molecule has 0 N–H and O–H groups in total. The summed E-state index contributed by atoms with van der Waals surface area (Å²) in [5.41, 5.74) is 0. The van der Waals surface area contributed by atoms with Crippen molar-refractivity contribution >= 4 is 28.2 Å². The summed E-state index contributed by atoms with van der Waals surface area (Å²) in [6.45, 7) is 0. The minimum absolute atomic E-state index is 0.162. The number of methoxy groups -OCH3 is 1. The van der Waals surface area contributed by atoms with Crippen LogP contribution in [0.4, 0.5) is 0 Å². The Hall–Kier alpha value is -0.420. The molecule has 0 bridgehead atoms. The van der Waals surface area contributed by atoms with Crippen LogP contribution in [0.3, 0.4) is 0 Å². The number of rotatable bonds is 6. The molecular weight excluding hydrogens is 312 g/mol. The number of hydrogen-bond donors (Lipinski definition) is 0. The number of ether oxygens (including phenoxy) is 2. The number of alkyl halides is 1. The Morgan fingerprint density at radius 2 is 2.32 bits per heavy atom. The van der Waals surface area contributed by atoms with Gasteiger partial charge in [-0.3, -0.25) is 4.79 Å². The lowest BCUT2D eigenvalue weighted by Gasteiger charge is -2.18. The summed E-state index contributed by atoms with van der Waals surface area (Å²) in [6.07, 6.45) is 6.62. The molecule has 108 valence electrons. The van der Waals surface area contributed by atoms with Crippen LogP contribution < -0.4 is 0 Å². The lowest BCUT2D eigenvalue weighted by Crippen LogP contribution is -2.22.